The fourth-order valence-corrected chi connectivity index (χ4v) is 1.19. The van der Waals surface area contributed by atoms with E-state index in [4.69, 9.17) is 13.9 Å². The predicted octanol–water partition coefficient (Wildman–Crippen LogP) is 2.24. The Balaban J connectivity index is 0.000000180. The van der Waals surface area contributed by atoms with Crippen LogP contribution in [-0.4, -0.2) is 17.7 Å². The van der Waals surface area contributed by atoms with Crippen LogP contribution in [0.4, 0.5) is 0 Å². The van der Waals surface area contributed by atoms with Gasteiger partial charge >= 0.3 is 0 Å². The molecule has 0 saturated carbocycles. The Morgan fingerprint density at radius 3 is 1.78 bits per heavy atom. The van der Waals surface area contributed by atoms with Gasteiger partial charge in [0.1, 0.15) is 18.1 Å². The summed E-state index contributed by atoms with van der Waals surface area (Å²) >= 11 is 0. The van der Waals surface area contributed by atoms with Gasteiger partial charge in [-0.1, -0.05) is 6.92 Å². The van der Waals surface area contributed by atoms with Gasteiger partial charge in [-0.15, -0.1) is 0 Å². The smallest absolute Gasteiger partial charge is 0.185 e. The number of aryl methyl sites for hydroxylation is 1. The van der Waals surface area contributed by atoms with Crippen molar-refractivity contribution in [3.8, 4) is 0 Å². The molecular weight excluding hydrogens is 236 g/mol. The number of hydrogen-bond donors (Lipinski definition) is 1. The molecule has 0 spiro atoms. The number of carbonyl (C=O) groups excluding carboxylic acids is 2. The van der Waals surface area contributed by atoms with E-state index in [0.29, 0.717) is 24.1 Å². The highest BCUT2D eigenvalue weighted by atomic mass is 16.4. The number of aliphatic hydroxyl groups excluding tert-OH is 1. The van der Waals surface area contributed by atoms with Crippen molar-refractivity contribution >= 4 is 12.6 Å². The van der Waals surface area contributed by atoms with Crippen LogP contribution < -0.4 is 0 Å². The Kier molecular flexibility index (Phi) is 5.60. The molecule has 18 heavy (non-hydrogen) atoms. The lowest BCUT2D eigenvalue weighted by molar-refractivity contribution is 0.109. The molecule has 0 amide bonds. The number of aldehydes is 2. The Bertz CT molecular complexity index is 449. The first-order valence-electron chi connectivity index (χ1n) is 5.42. The summed E-state index contributed by atoms with van der Waals surface area (Å²) in [5, 5.41) is 8.44. The third-order valence-electron chi connectivity index (χ3n) is 2.10. The lowest BCUT2D eigenvalue weighted by Crippen LogP contribution is -1.74. The highest BCUT2D eigenvalue weighted by Crippen LogP contribution is 2.05. The maximum Gasteiger partial charge on any atom is 0.185 e. The summed E-state index contributed by atoms with van der Waals surface area (Å²) in [4.78, 5) is 20.0. The van der Waals surface area contributed by atoms with E-state index in [1.807, 2.05) is 13.0 Å². The summed E-state index contributed by atoms with van der Waals surface area (Å²) < 4.78 is 9.78. The van der Waals surface area contributed by atoms with Gasteiger partial charge in [0.2, 0.25) is 0 Å². The van der Waals surface area contributed by atoms with Crippen LogP contribution in [0.15, 0.2) is 33.1 Å². The van der Waals surface area contributed by atoms with E-state index in [-0.39, 0.29) is 12.4 Å². The topological polar surface area (TPSA) is 80.7 Å². The van der Waals surface area contributed by atoms with E-state index in [0.717, 1.165) is 12.2 Å². The Morgan fingerprint density at radius 1 is 1.00 bits per heavy atom. The van der Waals surface area contributed by atoms with Crippen LogP contribution in [0.1, 0.15) is 39.6 Å². The number of hydrogen-bond acceptors (Lipinski definition) is 5. The summed E-state index contributed by atoms with van der Waals surface area (Å²) in [6, 6.07) is 6.55. The molecule has 0 bridgehead atoms. The van der Waals surface area contributed by atoms with Gasteiger partial charge in [0, 0.05) is 6.42 Å². The molecule has 5 nitrogen and oxygen atoms in total. The monoisotopic (exact) mass is 250 g/mol. The van der Waals surface area contributed by atoms with E-state index in [1.165, 1.54) is 6.07 Å². The lowest BCUT2D eigenvalue weighted by Gasteiger charge is -1.82. The molecule has 96 valence electrons. The SMILES string of the molecule is CCc1ccc(C=O)o1.O=Cc1ccc(CO)o1. The molecule has 2 rings (SSSR count). The highest BCUT2D eigenvalue weighted by molar-refractivity contribution is 5.70. The Labute approximate surface area is 104 Å². The summed E-state index contributed by atoms with van der Waals surface area (Å²) in [5.41, 5.74) is 0. The van der Waals surface area contributed by atoms with Crippen LogP contribution in [0.25, 0.3) is 0 Å². The van der Waals surface area contributed by atoms with Crippen molar-refractivity contribution in [3.63, 3.8) is 0 Å². The standard InChI is InChI=1S/C7H8O2.C6H6O3/c1-2-6-3-4-7(5-8)9-6;7-3-5-1-2-6(4-8)9-5/h3-5H,2H2,1H3;1-3,8H,4H2. The number of rotatable bonds is 4. The summed E-state index contributed by atoms with van der Waals surface area (Å²) in [6.07, 6.45) is 2.14. The molecule has 5 heteroatoms. The first-order chi connectivity index (χ1) is 8.73. The third-order valence-corrected chi connectivity index (χ3v) is 2.10. The van der Waals surface area contributed by atoms with Crippen LogP contribution in [0.5, 0.6) is 0 Å². The molecule has 0 aromatic carbocycles. The molecule has 0 saturated heterocycles. The van der Waals surface area contributed by atoms with Gasteiger partial charge in [0.15, 0.2) is 24.1 Å². The van der Waals surface area contributed by atoms with E-state index < -0.39 is 0 Å². The molecule has 1 N–H and O–H groups in total. The van der Waals surface area contributed by atoms with Gasteiger partial charge < -0.3 is 13.9 Å². The van der Waals surface area contributed by atoms with Gasteiger partial charge in [0.25, 0.3) is 0 Å². The first kappa shape index (κ1) is 13.9. The van der Waals surface area contributed by atoms with Gasteiger partial charge in [-0.3, -0.25) is 9.59 Å². The largest absolute Gasteiger partial charge is 0.458 e. The fourth-order valence-electron chi connectivity index (χ4n) is 1.19. The first-order valence-corrected chi connectivity index (χ1v) is 5.42. The van der Waals surface area contributed by atoms with Crippen molar-refractivity contribution in [1.82, 2.24) is 0 Å². The van der Waals surface area contributed by atoms with Gasteiger partial charge in [-0.2, -0.15) is 0 Å². The van der Waals surface area contributed by atoms with Crippen LogP contribution in [0.3, 0.4) is 0 Å². The van der Waals surface area contributed by atoms with Crippen molar-refractivity contribution in [3.05, 3.63) is 47.3 Å². The second kappa shape index (κ2) is 7.24. The molecule has 2 aromatic heterocycles. The van der Waals surface area contributed by atoms with E-state index >= 15 is 0 Å². The van der Waals surface area contributed by atoms with E-state index in [2.05, 4.69) is 0 Å². The summed E-state index contributed by atoms with van der Waals surface area (Å²) in [5.74, 6) is 1.93. The second-order valence-electron chi connectivity index (χ2n) is 3.36. The molecule has 2 heterocycles. The van der Waals surface area contributed by atoms with Crippen molar-refractivity contribution in [2.75, 3.05) is 0 Å². The molecule has 2 aromatic rings. The normalized spacial score (nSPS) is 9.44. The molecular formula is C13H14O5. The maximum absolute atomic E-state index is 10.0. The van der Waals surface area contributed by atoms with Gasteiger partial charge in [-0.25, -0.2) is 0 Å². The number of aliphatic hydroxyl groups is 1. The zero-order valence-electron chi connectivity index (χ0n) is 9.96. The molecule has 0 fully saturated rings. The maximum atomic E-state index is 10.0. The highest BCUT2D eigenvalue weighted by Gasteiger charge is 1.96. The fraction of sp³-hybridized carbons (Fsp3) is 0.231. The molecule has 0 aliphatic carbocycles. The van der Waals surface area contributed by atoms with Crippen LogP contribution in [0, 0.1) is 0 Å². The minimum atomic E-state index is -0.159. The van der Waals surface area contributed by atoms with Crippen molar-refractivity contribution in [2.24, 2.45) is 0 Å². The predicted molar refractivity (Wildman–Crippen MR) is 63.5 cm³/mol. The average Bonchev–Trinajstić information content (AvgIpc) is 3.07. The molecule has 0 aliphatic heterocycles. The van der Waals surface area contributed by atoms with E-state index in [9.17, 15) is 9.59 Å². The van der Waals surface area contributed by atoms with Crippen molar-refractivity contribution < 1.29 is 23.5 Å². The van der Waals surface area contributed by atoms with Crippen LogP contribution in [-0.2, 0) is 13.0 Å². The van der Waals surface area contributed by atoms with Crippen LogP contribution in [0.2, 0.25) is 0 Å². The minimum Gasteiger partial charge on any atom is -0.458 e. The average molecular weight is 250 g/mol. The molecule has 0 unspecified atom stereocenters. The molecule has 0 atom stereocenters. The minimum absolute atomic E-state index is 0.159. The Hall–Kier alpha value is -2.14. The van der Waals surface area contributed by atoms with E-state index in [1.54, 1.807) is 12.1 Å². The van der Waals surface area contributed by atoms with Gasteiger partial charge in [0.05, 0.1) is 0 Å². The second-order valence-corrected chi connectivity index (χ2v) is 3.36. The number of carbonyl (C=O) groups is 2. The zero-order valence-corrected chi connectivity index (χ0v) is 9.96. The quantitative estimate of drug-likeness (QED) is 0.841. The lowest BCUT2D eigenvalue weighted by atomic mass is 10.4. The molecule has 0 aliphatic rings. The molecule has 0 radical (unpaired) electrons. The summed E-state index contributed by atoms with van der Waals surface area (Å²) in [7, 11) is 0. The van der Waals surface area contributed by atoms with Gasteiger partial charge in [-0.05, 0) is 24.3 Å². The van der Waals surface area contributed by atoms with Crippen LogP contribution >= 0.6 is 0 Å². The van der Waals surface area contributed by atoms with Crippen molar-refractivity contribution in [1.29, 1.82) is 0 Å². The van der Waals surface area contributed by atoms with Crippen molar-refractivity contribution in [2.45, 2.75) is 20.0 Å². The number of furan rings is 2. The third kappa shape index (κ3) is 4.03. The Morgan fingerprint density at radius 2 is 1.50 bits per heavy atom. The summed E-state index contributed by atoms with van der Waals surface area (Å²) in [6.45, 7) is 1.82. The zero-order chi connectivity index (χ0) is 13.4.